The third kappa shape index (κ3) is 8.04. The smallest absolute Gasteiger partial charge is 0.257 e. The molecule has 0 radical (unpaired) electrons. The van der Waals surface area contributed by atoms with Crippen molar-refractivity contribution in [2.75, 3.05) is 26.2 Å². The summed E-state index contributed by atoms with van der Waals surface area (Å²) < 4.78 is 0. The Labute approximate surface area is 208 Å². The first kappa shape index (κ1) is 26.1. The van der Waals surface area contributed by atoms with Gasteiger partial charge in [-0.2, -0.15) is 0 Å². The molecular weight excluding hydrogens is 454 g/mol. The highest BCUT2D eigenvalue weighted by molar-refractivity contribution is 8.04. The van der Waals surface area contributed by atoms with E-state index in [9.17, 15) is 9.59 Å². The van der Waals surface area contributed by atoms with Crippen molar-refractivity contribution >= 4 is 41.3 Å². The highest BCUT2D eigenvalue weighted by Crippen LogP contribution is 2.40. The second-order valence-corrected chi connectivity index (χ2v) is 10.9. The average molecular weight is 492 g/mol. The van der Waals surface area contributed by atoms with Gasteiger partial charge in [0.05, 0.1) is 4.91 Å². The Morgan fingerprint density at radius 2 is 2.03 bits per heavy atom. The van der Waals surface area contributed by atoms with Gasteiger partial charge in [0.15, 0.2) is 0 Å². The van der Waals surface area contributed by atoms with Gasteiger partial charge in [-0.15, -0.1) is 11.8 Å². The van der Waals surface area contributed by atoms with E-state index < -0.39 is 0 Å². The molecule has 0 aromatic heterocycles. The Morgan fingerprint density at radius 1 is 1.21 bits per heavy atom. The molecule has 3 rings (SSSR count). The molecule has 3 unspecified atom stereocenters. The summed E-state index contributed by atoms with van der Waals surface area (Å²) in [5, 5.41) is 7.29. The fourth-order valence-corrected chi connectivity index (χ4v) is 6.16. The molecule has 7 heteroatoms. The molecule has 2 N–H and O–H groups in total. The van der Waals surface area contributed by atoms with Crippen LogP contribution in [0.5, 0.6) is 0 Å². The third-order valence-corrected chi connectivity index (χ3v) is 8.10. The van der Waals surface area contributed by atoms with Crippen LogP contribution in [0, 0.1) is 5.92 Å². The van der Waals surface area contributed by atoms with Gasteiger partial charge in [-0.3, -0.25) is 9.59 Å². The molecule has 2 fully saturated rings. The zero-order valence-corrected chi connectivity index (χ0v) is 21.5. The van der Waals surface area contributed by atoms with Crippen LogP contribution in [0.25, 0.3) is 6.08 Å². The number of carbonyl (C=O) groups excluding carboxylic acids is 2. The number of benzene rings is 1. The van der Waals surface area contributed by atoms with Gasteiger partial charge in [0.1, 0.15) is 0 Å². The van der Waals surface area contributed by atoms with Crippen molar-refractivity contribution in [1.29, 1.82) is 0 Å². The first-order valence-corrected chi connectivity index (χ1v) is 13.7. The number of unbranched alkanes of at least 4 members (excludes halogenated alkanes) is 1. The second-order valence-electron chi connectivity index (χ2n) is 9.15. The molecule has 1 aromatic carbocycles. The quantitative estimate of drug-likeness (QED) is 0.334. The van der Waals surface area contributed by atoms with Gasteiger partial charge < -0.3 is 15.5 Å². The standard InChI is InChI=1S/C26H38ClN3O2S/c1-3-5-14-30(13-4-2)15-7-12-28-25(31)20-10-11-23-22(18-20)29-26(32)24(33-23)17-19-8-6-9-21(27)16-19/h6,8-9,16-17,20,22-23H,3-5,7,10-15,18H2,1-2H3,(H,28,31)(H,29,32)/b24-17+. The van der Waals surface area contributed by atoms with E-state index in [-0.39, 0.29) is 23.8 Å². The monoisotopic (exact) mass is 491 g/mol. The highest BCUT2D eigenvalue weighted by atomic mass is 35.5. The number of hydrogen-bond acceptors (Lipinski definition) is 4. The fraction of sp³-hybridized carbons (Fsp3) is 0.615. The van der Waals surface area contributed by atoms with Crippen LogP contribution < -0.4 is 10.6 Å². The van der Waals surface area contributed by atoms with Crippen molar-refractivity contribution in [3.63, 3.8) is 0 Å². The minimum Gasteiger partial charge on any atom is -0.356 e. The summed E-state index contributed by atoms with van der Waals surface area (Å²) in [6, 6.07) is 7.58. The molecule has 1 heterocycles. The predicted octanol–water partition coefficient (Wildman–Crippen LogP) is 5.10. The Morgan fingerprint density at radius 3 is 2.79 bits per heavy atom. The number of rotatable bonds is 11. The molecule has 2 aliphatic rings. The van der Waals surface area contributed by atoms with Gasteiger partial charge >= 0.3 is 0 Å². The van der Waals surface area contributed by atoms with E-state index in [2.05, 4.69) is 29.4 Å². The Kier molecular flexibility index (Phi) is 10.6. The fourth-order valence-electron chi connectivity index (χ4n) is 4.67. The number of nitrogens with zero attached hydrogens (tertiary/aromatic N) is 1. The van der Waals surface area contributed by atoms with E-state index in [1.807, 2.05) is 30.3 Å². The van der Waals surface area contributed by atoms with Crippen LogP contribution in [0.3, 0.4) is 0 Å². The van der Waals surface area contributed by atoms with Crippen molar-refractivity contribution in [2.45, 2.75) is 70.1 Å². The molecule has 2 amide bonds. The molecule has 5 nitrogen and oxygen atoms in total. The first-order valence-electron chi connectivity index (χ1n) is 12.4. The van der Waals surface area contributed by atoms with E-state index in [0.29, 0.717) is 10.3 Å². The normalized spacial score (nSPS) is 23.9. The van der Waals surface area contributed by atoms with E-state index in [1.54, 1.807) is 11.8 Å². The summed E-state index contributed by atoms with van der Waals surface area (Å²) in [5.41, 5.74) is 0.930. The number of amides is 2. The lowest BCUT2D eigenvalue weighted by Crippen LogP contribution is -2.51. The number of hydrogen-bond donors (Lipinski definition) is 2. The summed E-state index contributed by atoms with van der Waals surface area (Å²) >= 11 is 7.72. The number of halogens is 1. The van der Waals surface area contributed by atoms with E-state index in [1.165, 1.54) is 19.3 Å². The van der Waals surface area contributed by atoms with E-state index in [0.717, 1.165) is 62.3 Å². The maximum absolute atomic E-state index is 12.8. The Bertz CT molecular complexity index is 832. The van der Waals surface area contributed by atoms with Gasteiger partial charge in [0.25, 0.3) is 5.91 Å². The van der Waals surface area contributed by atoms with Gasteiger partial charge in [-0.05, 0) is 81.9 Å². The van der Waals surface area contributed by atoms with Crippen LogP contribution in [0.1, 0.15) is 64.4 Å². The average Bonchev–Trinajstić information content (AvgIpc) is 2.80. The molecule has 1 saturated carbocycles. The van der Waals surface area contributed by atoms with Crippen molar-refractivity contribution in [3.8, 4) is 0 Å². The lowest BCUT2D eigenvalue weighted by atomic mass is 9.84. The molecular formula is C26H38ClN3O2S. The van der Waals surface area contributed by atoms with E-state index >= 15 is 0 Å². The van der Waals surface area contributed by atoms with Crippen molar-refractivity contribution < 1.29 is 9.59 Å². The van der Waals surface area contributed by atoms with Crippen molar-refractivity contribution in [3.05, 3.63) is 39.8 Å². The van der Waals surface area contributed by atoms with Gasteiger partial charge in [-0.25, -0.2) is 0 Å². The van der Waals surface area contributed by atoms with E-state index in [4.69, 9.17) is 11.6 Å². The number of carbonyl (C=O) groups is 2. The SMILES string of the molecule is CCCCN(CCC)CCCNC(=O)C1CCC2S/C(=C/c3cccc(Cl)c3)C(=O)NC2C1. The summed E-state index contributed by atoms with van der Waals surface area (Å²) in [7, 11) is 0. The van der Waals surface area contributed by atoms with Crippen molar-refractivity contribution in [1.82, 2.24) is 15.5 Å². The molecule has 1 aromatic rings. The Balaban J connectivity index is 1.44. The summed E-state index contributed by atoms with van der Waals surface area (Å²) in [4.78, 5) is 28.7. The maximum atomic E-state index is 12.8. The summed E-state index contributed by atoms with van der Waals surface area (Å²) in [6.07, 6.45) is 9.03. The maximum Gasteiger partial charge on any atom is 0.257 e. The van der Waals surface area contributed by atoms with Gasteiger partial charge in [-0.1, -0.05) is 44.0 Å². The molecule has 33 heavy (non-hydrogen) atoms. The lowest BCUT2D eigenvalue weighted by molar-refractivity contribution is -0.127. The van der Waals surface area contributed by atoms with Gasteiger partial charge in [0, 0.05) is 28.8 Å². The van der Waals surface area contributed by atoms with Crippen LogP contribution in [0.4, 0.5) is 0 Å². The zero-order valence-electron chi connectivity index (χ0n) is 19.9. The number of nitrogens with one attached hydrogen (secondary N) is 2. The summed E-state index contributed by atoms with van der Waals surface area (Å²) in [6.45, 7) is 8.49. The van der Waals surface area contributed by atoms with Crippen LogP contribution in [0.15, 0.2) is 29.2 Å². The zero-order chi connectivity index (χ0) is 23.6. The lowest BCUT2D eigenvalue weighted by Gasteiger charge is -2.39. The number of thioether (sulfide) groups is 1. The molecule has 1 saturated heterocycles. The van der Waals surface area contributed by atoms with Crippen molar-refractivity contribution in [2.24, 2.45) is 5.92 Å². The predicted molar refractivity (Wildman–Crippen MR) is 139 cm³/mol. The number of fused-ring (bicyclic) bond motifs is 1. The van der Waals surface area contributed by atoms with Crippen LogP contribution in [0.2, 0.25) is 5.02 Å². The molecule has 0 spiro atoms. The second kappa shape index (κ2) is 13.4. The molecule has 0 bridgehead atoms. The molecule has 182 valence electrons. The molecule has 1 aliphatic heterocycles. The first-order chi connectivity index (χ1) is 16.0. The molecule has 1 aliphatic carbocycles. The topological polar surface area (TPSA) is 61.4 Å². The van der Waals surface area contributed by atoms with Crippen LogP contribution in [-0.2, 0) is 9.59 Å². The molecule has 3 atom stereocenters. The highest BCUT2D eigenvalue weighted by Gasteiger charge is 2.39. The minimum atomic E-state index is -0.0506. The van der Waals surface area contributed by atoms with Crippen LogP contribution in [-0.4, -0.2) is 54.2 Å². The third-order valence-electron chi connectivity index (χ3n) is 6.44. The van der Waals surface area contributed by atoms with Gasteiger partial charge in [0.2, 0.25) is 5.91 Å². The summed E-state index contributed by atoms with van der Waals surface area (Å²) in [5.74, 6) is 0.0754. The van der Waals surface area contributed by atoms with Crippen LogP contribution >= 0.6 is 23.4 Å². The largest absolute Gasteiger partial charge is 0.356 e. The minimum absolute atomic E-state index is 0.0163. The Hall–Kier alpha value is -1.50.